The molecular formula is C33H41N7O4. The summed E-state index contributed by atoms with van der Waals surface area (Å²) in [6, 6.07) is 18.2. The third-order valence-corrected chi connectivity index (χ3v) is 7.78. The minimum Gasteiger partial charge on any atom is -0.489 e. The molecule has 0 N–H and O–H groups in total. The average Bonchev–Trinajstić information content (AvgIpc) is 3.46. The van der Waals surface area contributed by atoms with E-state index in [1.165, 1.54) is 0 Å². The minimum absolute atomic E-state index is 0.243. The number of nitrogens with zero attached hydrogens (tertiary/aromatic N) is 7. The van der Waals surface area contributed by atoms with E-state index in [0.717, 1.165) is 73.0 Å². The molecule has 0 radical (unpaired) electrons. The average molecular weight is 600 g/mol. The van der Waals surface area contributed by atoms with Gasteiger partial charge in [-0.3, -0.25) is 4.90 Å². The Balaban J connectivity index is 1.20. The van der Waals surface area contributed by atoms with Crippen molar-refractivity contribution in [1.82, 2.24) is 29.3 Å². The highest BCUT2D eigenvalue weighted by molar-refractivity contribution is 5.88. The molecule has 2 aliphatic rings. The van der Waals surface area contributed by atoms with Crippen LogP contribution < -0.4 is 9.64 Å². The molecule has 4 aromatic rings. The summed E-state index contributed by atoms with van der Waals surface area (Å²) in [5.74, 6) is 1.45. The maximum Gasteiger partial charge on any atom is 0.410 e. The summed E-state index contributed by atoms with van der Waals surface area (Å²) in [7, 11) is 0. The molecule has 6 rings (SSSR count). The van der Waals surface area contributed by atoms with Gasteiger partial charge in [0.25, 0.3) is 0 Å². The molecule has 0 saturated carbocycles. The molecule has 2 fully saturated rings. The first-order chi connectivity index (χ1) is 21.3. The van der Waals surface area contributed by atoms with Crippen LogP contribution in [0.2, 0.25) is 0 Å². The number of ether oxygens (including phenoxy) is 3. The van der Waals surface area contributed by atoms with E-state index in [9.17, 15) is 4.79 Å². The van der Waals surface area contributed by atoms with E-state index < -0.39 is 5.60 Å². The van der Waals surface area contributed by atoms with E-state index in [0.29, 0.717) is 38.9 Å². The number of amides is 1. The van der Waals surface area contributed by atoms with E-state index in [1.807, 2.05) is 69.6 Å². The molecular weight excluding hydrogens is 558 g/mol. The van der Waals surface area contributed by atoms with Gasteiger partial charge in [-0.2, -0.15) is 4.98 Å². The second-order valence-corrected chi connectivity index (χ2v) is 12.2. The Hall–Kier alpha value is -4.22. The molecule has 4 heterocycles. The summed E-state index contributed by atoms with van der Waals surface area (Å²) in [6.07, 6.45) is 1.62. The molecule has 232 valence electrons. The zero-order chi connectivity index (χ0) is 30.5. The molecule has 2 saturated heterocycles. The Morgan fingerprint density at radius 2 is 1.68 bits per heavy atom. The van der Waals surface area contributed by atoms with Gasteiger partial charge in [0.1, 0.15) is 29.2 Å². The van der Waals surface area contributed by atoms with Crippen molar-refractivity contribution >= 4 is 23.2 Å². The number of aromatic nitrogens is 4. The van der Waals surface area contributed by atoms with Gasteiger partial charge in [0.2, 0.25) is 5.95 Å². The Labute approximate surface area is 258 Å². The van der Waals surface area contributed by atoms with Gasteiger partial charge in [0, 0.05) is 57.9 Å². The standard InChI is InChI=1S/C33H41N7O4/c1-33(2,3)44-32(41)39-15-12-37(13-16-39)14-17-40-24-34-29-28(35-31(36-30(29)40)38-18-20-42-21-19-38)26-10-7-11-27(22-26)43-23-25-8-5-4-6-9-25/h4-11,22,24H,12-21,23H2,1-3H3. The summed E-state index contributed by atoms with van der Waals surface area (Å²) in [6.45, 7) is 13.4. The van der Waals surface area contributed by atoms with E-state index in [1.54, 1.807) is 4.90 Å². The second-order valence-electron chi connectivity index (χ2n) is 12.2. The molecule has 0 bridgehead atoms. The van der Waals surface area contributed by atoms with Crippen LogP contribution in [0.15, 0.2) is 60.9 Å². The van der Waals surface area contributed by atoms with Crippen molar-refractivity contribution in [2.75, 3.05) is 63.9 Å². The summed E-state index contributed by atoms with van der Waals surface area (Å²) >= 11 is 0. The van der Waals surface area contributed by atoms with Gasteiger partial charge in [-0.25, -0.2) is 14.8 Å². The summed E-state index contributed by atoms with van der Waals surface area (Å²) in [5, 5.41) is 0. The predicted molar refractivity (Wildman–Crippen MR) is 169 cm³/mol. The summed E-state index contributed by atoms with van der Waals surface area (Å²) in [4.78, 5) is 33.7. The van der Waals surface area contributed by atoms with Crippen LogP contribution in [0.4, 0.5) is 10.7 Å². The van der Waals surface area contributed by atoms with Gasteiger partial charge in [-0.1, -0.05) is 42.5 Å². The minimum atomic E-state index is -0.492. The van der Waals surface area contributed by atoms with Crippen molar-refractivity contribution in [3.63, 3.8) is 0 Å². The number of morpholine rings is 1. The zero-order valence-corrected chi connectivity index (χ0v) is 25.8. The highest BCUT2D eigenvalue weighted by atomic mass is 16.6. The number of piperazine rings is 1. The number of benzene rings is 2. The second kappa shape index (κ2) is 13.2. The fourth-order valence-electron chi connectivity index (χ4n) is 5.41. The lowest BCUT2D eigenvalue weighted by Crippen LogP contribution is -2.50. The van der Waals surface area contributed by atoms with E-state index in [4.69, 9.17) is 29.2 Å². The van der Waals surface area contributed by atoms with E-state index >= 15 is 0 Å². The first-order valence-corrected chi connectivity index (χ1v) is 15.4. The Kier molecular flexibility index (Phi) is 8.94. The SMILES string of the molecule is CC(C)(C)OC(=O)N1CCN(CCn2cnc3c(-c4cccc(OCc5ccccc5)c4)nc(N4CCOCC4)nc32)CC1. The van der Waals surface area contributed by atoms with Crippen LogP contribution in [0.25, 0.3) is 22.4 Å². The van der Waals surface area contributed by atoms with Crippen LogP contribution in [0, 0.1) is 0 Å². The van der Waals surface area contributed by atoms with Crippen LogP contribution in [0.5, 0.6) is 5.75 Å². The number of carbonyl (C=O) groups is 1. The van der Waals surface area contributed by atoms with Crippen LogP contribution in [0.1, 0.15) is 26.3 Å². The van der Waals surface area contributed by atoms with Crippen molar-refractivity contribution in [3.05, 3.63) is 66.5 Å². The van der Waals surface area contributed by atoms with Gasteiger partial charge in [-0.05, 0) is 38.5 Å². The molecule has 0 atom stereocenters. The van der Waals surface area contributed by atoms with Crippen molar-refractivity contribution in [1.29, 1.82) is 0 Å². The van der Waals surface area contributed by atoms with Gasteiger partial charge in [-0.15, -0.1) is 0 Å². The normalized spacial score (nSPS) is 16.3. The highest BCUT2D eigenvalue weighted by Crippen LogP contribution is 2.30. The van der Waals surface area contributed by atoms with Crippen LogP contribution in [-0.4, -0.2) is 100 Å². The lowest BCUT2D eigenvalue weighted by atomic mass is 10.1. The lowest BCUT2D eigenvalue weighted by molar-refractivity contribution is 0.0143. The Bertz CT molecular complexity index is 1560. The molecule has 1 amide bonds. The molecule has 11 nitrogen and oxygen atoms in total. The molecule has 44 heavy (non-hydrogen) atoms. The lowest BCUT2D eigenvalue weighted by Gasteiger charge is -2.35. The molecule has 2 aliphatic heterocycles. The number of hydrogen-bond acceptors (Lipinski definition) is 9. The van der Waals surface area contributed by atoms with Crippen LogP contribution >= 0.6 is 0 Å². The van der Waals surface area contributed by atoms with Gasteiger partial charge < -0.3 is 28.6 Å². The van der Waals surface area contributed by atoms with Crippen molar-refractivity contribution in [2.24, 2.45) is 0 Å². The smallest absolute Gasteiger partial charge is 0.410 e. The third kappa shape index (κ3) is 7.28. The van der Waals surface area contributed by atoms with Crippen LogP contribution in [0.3, 0.4) is 0 Å². The zero-order valence-electron chi connectivity index (χ0n) is 25.8. The van der Waals surface area contributed by atoms with Gasteiger partial charge in [0.05, 0.1) is 19.5 Å². The van der Waals surface area contributed by atoms with E-state index in [2.05, 4.69) is 26.5 Å². The third-order valence-electron chi connectivity index (χ3n) is 7.78. The highest BCUT2D eigenvalue weighted by Gasteiger charge is 2.26. The fourth-order valence-corrected chi connectivity index (χ4v) is 5.41. The number of anilines is 1. The fraction of sp³-hybridized carbons (Fsp3) is 0.455. The summed E-state index contributed by atoms with van der Waals surface area (Å²) in [5.41, 5.74) is 3.90. The van der Waals surface area contributed by atoms with Gasteiger partial charge >= 0.3 is 6.09 Å². The van der Waals surface area contributed by atoms with Crippen molar-refractivity contribution in [2.45, 2.75) is 39.5 Å². The summed E-state index contributed by atoms with van der Waals surface area (Å²) < 4.78 is 19.4. The largest absolute Gasteiger partial charge is 0.489 e. The monoisotopic (exact) mass is 599 g/mol. The quantitative estimate of drug-likeness (QED) is 0.291. The molecule has 2 aromatic heterocycles. The number of rotatable bonds is 8. The topological polar surface area (TPSA) is 98.1 Å². The number of carbonyl (C=O) groups excluding carboxylic acids is 1. The van der Waals surface area contributed by atoms with E-state index in [-0.39, 0.29) is 6.09 Å². The first-order valence-electron chi connectivity index (χ1n) is 15.4. The number of fused-ring (bicyclic) bond motifs is 1. The Morgan fingerprint density at radius 3 is 2.43 bits per heavy atom. The van der Waals surface area contributed by atoms with Crippen molar-refractivity contribution in [3.8, 4) is 17.0 Å². The van der Waals surface area contributed by atoms with Gasteiger partial charge in [0.15, 0.2) is 5.65 Å². The molecule has 11 heteroatoms. The molecule has 0 spiro atoms. The molecule has 2 aromatic carbocycles. The molecule has 0 aliphatic carbocycles. The predicted octanol–water partition coefficient (Wildman–Crippen LogP) is 4.46. The number of imidazole rings is 1. The van der Waals surface area contributed by atoms with Crippen LogP contribution in [-0.2, 0) is 22.6 Å². The maximum absolute atomic E-state index is 12.5. The maximum atomic E-state index is 12.5. The first kappa shape index (κ1) is 29.8. The number of hydrogen-bond donors (Lipinski definition) is 0. The van der Waals surface area contributed by atoms with Crippen molar-refractivity contribution < 1.29 is 19.0 Å². The Morgan fingerprint density at radius 1 is 0.909 bits per heavy atom. The molecule has 0 unspecified atom stereocenters.